The number of aromatic nitrogens is 3. The number of fused-ring (bicyclic) bond motifs is 1. The molecule has 1 fully saturated rings. The molecule has 0 aliphatic carbocycles. The van der Waals surface area contributed by atoms with Gasteiger partial charge in [0.25, 0.3) is 0 Å². The molecule has 9 heteroatoms. The minimum absolute atomic E-state index is 0.125. The Morgan fingerprint density at radius 1 is 0.917 bits per heavy atom. The summed E-state index contributed by atoms with van der Waals surface area (Å²) in [6.07, 6.45) is 1.45. The average molecular weight is 648 g/mol. The van der Waals surface area contributed by atoms with Crippen molar-refractivity contribution in [3.63, 3.8) is 0 Å². The van der Waals surface area contributed by atoms with Crippen molar-refractivity contribution < 1.29 is 19.0 Å². The molecule has 1 amide bonds. The summed E-state index contributed by atoms with van der Waals surface area (Å²) in [6.45, 7) is 9.53. The molecule has 0 unspecified atom stereocenters. The Balaban J connectivity index is 1.24. The first-order valence-electron chi connectivity index (χ1n) is 16.6. The van der Waals surface area contributed by atoms with Crippen LogP contribution in [0.2, 0.25) is 0 Å². The van der Waals surface area contributed by atoms with Gasteiger partial charge in [-0.1, -0.05) is 60.7 Å². The number of hydrogen-bond donors (Lipinski definition) is 0. The van der Waals surface area contributed by atoms with Gasteiger partial charge in [-0.25, -0.2) is 4.79 Å². The predicted molar refractivity (Wildman–Crippen MR) is 189 cm³/mol. The van der Waals surface area contributed by atoms with Crippen molar-refractivity contribution >= 4 is 22.7 Å². The third-order valence-electron chi connectivity index (χ3n) is 8.78. The number of benzene rings is 3. The van der Waals surface area contributed by atoms with Crippen LogP contribution >= 0.6 is 0 Å². The number of hydrogen-bond acceptors (Lipinski definition) is 7. The monoisotopic (exact) mass is 647 g/mol. The summed E-state index contributed by atoms with van der Waals surface area (Å²) in [5, 5.41) is 5.98. The maximum atomic E-state index is 12.7. The van der Waals surface area contributed by atoms with Gasteiger partial charge in [0.1, 0.15) is 24.5 Å². The Hall–Kier alpha value is -5.05. The number of pyridine rings is 1. The summed E-state index contributed by atoms with van der Waals surface area (Å²) in [5.74, 6) is 0.959. The Bertz CT molecular complexity index is 1850. The number of rotatable bonds is 9. The molecule has 5 aromatic rings. The minimum atomic E-state index is -0.516. The summed E-state index contributed by atoms with van der Waals surface area (Å²) in [4.78, 5) is 21.7. The second-order valence-electron chi connectivity index (χ2n) is 13.5. The highest BCUT2D eigenvalue weighted by molar-refractivity contribution is 5.96. The first-order chi connectivity index (χ1) is 23.1. The maximum absolute atomic E-state index is 12.7. The topological polar surface area (TPSA) is 82.0 Å². The SMILES string of the molecule is C[C@@H]1C[C@H](N(C)C(=O)OC(C)(C)C)CCN1c1ccc2c(-c3ccc(OCc4ccccc4)nc3OCc3ccccc3)nn(C)c2c1. The van der Waals surface area contributed by atoms with E-state index in [1.54, 1.807) is 4.90 Å². The van der Waals surface area contributed by atoms with Gasteiger partial charge in [-0.2, -0.15) is 10.1 Å². The zero-order valence-electron chi connectivity index (χ0n) is 28.7. The van der Waals surface area contributed by atoms with Crippen LogP contribution in [0.15, 0.2) is 91.0 Å². The van der Waals surface area contributed by atoms with Crippen molar-refractivity contribution in [3.05, 3.63) is 102 Å². The quantitative estimate of drug-likeness (QED) is 0.160. The molecule has 0 radical (unpaired) electrons. The van der Waals surface area contributed by atoms with Crippen LogP contribution in [0, 0.1) is 0 Å². The van der Waals surface area contributed by atoms with Crippen LogP contribution < -0.4 is 14.4 Å². The second kappa shape index (κ2) is 14.0. The van der Waals surface area contributed by atoms with Gasteiger partial charge in [-0.05, 0) is 75.9 Å². The van der Waals surface area contributed by atoms with E-state index in [0.717, 1.165) is 58.4 Å². The second-order valence-corrected chi connectivity index (χ2v) is 13.5. The number of nitrogens with zero attached hydrogens (tertiary/aromatic N) is 5. The zero-order valence-corrected chi connectivity index (χ0v) is 28.7. The van der Waals surface area contributed by atoms with Gasteiger partial charge in [0.15, 0.2) is 0 Å². The molecule has 3 heterocycles. The first kappa shape index (κ1) is 32.9. The summed E-state index contributed by atoms with van der Waals surface area (Å²) in [5.41, 5.74) is 5.35. The van der Waals surface area contributed by atoms with E-state index in [0.29, 0.717) is 25.0 Å². The van der Waals surface area contributed by atoms with Crippen molar-refractivity contribution in [1.29, 1.82) is 0 Å². The lowest BCUT2D eigenvalue weighted by atomic mass is 9.96. The largest absolute Gasteiger partial charge is 0.473 e. The van der Waals surface area contributed by atoms with Crippen LogP contribution in [0.25, 0.3) is 22.2 Å². The highest BCUT2D eigenvalue weighted by Crippen LogP contribution is 2.37. The summed E-state index contributed by atoms with van der Waals surface area (Å²) >= 11 is 0. The molecule has 1 saturated heterocycles. The molecular weight excluding hydrogens is 602 g/mol. The number of aryl methyl sites for hydroxylation is 1. The van der Waals surface area contributed by atoms with Gasteiger partial charge in [-0.15, -0.1) is 0 Å². The Kier molecular flexibility index (Phi) is 9.57. The fourth-order valence-corrected chi connectivity index (χ4v) is 6.24. The molecule has 0 bridgehead atoms. The molecule has 1 aliphatic rings. The number of anilines is 1. The van der Waals surface area contributed by atoms with Crippen LogP contribution in [-0.2, 0) is 25.0 Å². The van der Waals surface area contributed by atoms with Crippen molar-refractivity contribution in [2.24, 2.45) is 7.05 Å². The van der Waals surface area contributed by atoms with E-state index in [4.69, 9.17) is 24.3 Å². The molecule has 0 spiro atoms. The summed E-state index contributed by atoms with van der Waals surface area (Å²) < 4.78 is 20.0. The minimum Gasteiger partial charge on any atom is -0.473 e. The molecule has 0 saturated carbocycles. The van der Waals surface area contributed by atoms with Crippen molar-refractivity contribution in [2.75, 3.05) is 18.5 Å². The maximum Gasteiger partial charge on any atom is 0.410 e. The molecule has 0 N–H and O–H groups in total. The molecular formula is C39H45N5O4. The lowest BCUT2D eigenvalue weighted by Crippen LogP contribution is -2.50. The normalized spacial score (nSPS) is 16.5. The summed E-state index contributed by atoms with van der Waals surface area (Å²) in [7, 11) is 3.81. The van der Waals surface area contributed by atoms with Gasteiger partial charge in [0, 0.05) is 49.9 Å². The van der Waals surface area contributed by atoms with E-state index in [9.17, 15) is 4.79 Å². The van der Waals surface area contributed by atoms with E-state index in [1.165, 1.54) is 0 Å². The average Bonchev–Trinajstić information content (AvgIpc) is 3.41. The third kappa shape index (κ3) is 7.56. The standard InChI is InChI=1S/C39H45N5O4/c1-27-23-30(42(5)38(45)48-39(2,3)4)21-22-44(27)31-17-18-32-34(24-31)43(6)41-36(32)33-19-20-35(46-25-28-13-9-7-10-14-28)40-37(33)47-26-29-15-11-8-12-16-29/h7-20,24,27,30H,21-23,25-26H2,1-6H3/t27-,30-/m1/s1. The van der Waals surface area contributed by atoms with Gasteiger partial charge < -0.3 is 24.0 Å². The smallest absolute Gasteiger partial charge is 0.410 e. The predicted octanol–water partition coefficient (Wildman–Crippen LogP) is 8.02. The Morgan fingerprint density at radius 2 is 1.58 bits per heavy atom. The molecule has 2 aromatic heterocycles. The molecule has 2 atom stereocenters. The van der Waals surface area contributed by atoms with Gasteiger partial charge >= 0.3 is 6.09 Å². The lowest BCUT2D eigenvalue weighted by Gasteiger charge is -2.42. The number of carbonyl (C=O) groups is 1. The van der Waals surface area contributed by atoms with Crippen molar-refractivity contribution in [2.45, 2.75) is 71.4 Å². The van der Waals surface area contributed by atoms with Crippen LogP contribution in [0.5, 0.6) is 11.8 Å². The van der Waals surface area contributed by atoms with Crippen molar-refractivity contribution in [1.82, 2.24) is 19.7 Å². The number of ether oxygens (including phenoxy) is 3. The Labute approximate surface area is 283 Å². The molecule has 250 valence electrons. The fourth-order valence-electron chi connectivity index (χ4n) is 6.24. The van der Waals surface area contributed by atoms with E-state index < -0.39 is 5.60 Å². The lowest BCUT2D eigenvalue weighted by molar-refractivity contribution is 0.0191. The van der Waals surface area contributed by atoms with Gasteiger partial charge in [0.2, 0.25) is 11.8 Å². The zero-order chi connectivity index (χ0) is 33.8. The fraction of sp³-hybridized carbons (Fsp3) is 0.359. The van der Waals surface area contributed by atoms with Crippen molar-refractivity contribution in [3.8, 4) is 23.0 Å². The molecule has 48 heavy (non-hydrogen) atoms. The van der Waals surface area contributed by atoms with Crippen LogP contribution in [0.3, 0.4) is 0 Å². The third-order valence-corrected chi connectivity index (χ3v) is 8.78. The van der Waals surface area contributed by atoms with Crippen LogP contribution in [-0.4, -0.2) is 57.0 Å². The van der Waals surface area contributed by atoms with Gasteiger partial charge in [0.05, 0.1) is 11.1 Å². The number of amides is 1. The van der Waals surface area contributed by atoms with Crippen LogP contribution in [0.1, 0.15) is 51.7 Å². The number of piperidine rings is 1. The summed E-state index contributed by atoms with van der Waals surface area (Å²) in [6, 6.07) is 30.8. The first-order valence-corrected chi connectivity index (χ1v) is 16.6. The van der Waals surface area contributed by atoms with E-state index in [-0.39, 0.29) is 18.2 Å². The van der Waals surface area contributed by atoms with E-state index in [1.807, 2.05) is 112 Å². The van der Waals surface area contributed by atoms with E-state index >= 15 is 0 Å². The Morgan fingerprint density at radius 3 is 2.23 bits per heavy atom. The molecule has 1 aliphatic heterocycles. The number of carbonyl (C=O) groups excluding carboxylic acids is 1. The van der Waals surface area contributed by atoms with E-state index in [2.05, 4.69) is 30.0 Å². The highest BCUT2D eigenvalue weighted by Gasteiger charge is 2.32. The van der Waals surface area contributed by atoms with Gasteiger partial charge in [-0.3, -0.25) is 4.68 Å². The highest BCUT2D eigenvalue weighted by atomic mass is 16.6. The molecule has 6 rings (SSSR count). The molecule has 9 nitrogen and oxygen atoms in total. The molecule has 3 aromatic carbocycles. The van der Waals surface area contributed by atoms with Crippen LogP contribution in [0.4, 0.5) is 10.5 Å².